The largest absolute Gasteiger partial charge is 0.459 e. The summed E-state index contributed by atoms with van der Waals surface area (Å²) < 4.78 is 5.32. The molecule has 1 fully saturated rings. The van der Waals surface area contributed by atoms with E-state index >= 15 is 0 Å². The predicted molar refractivity (Wildman–Crippen MR) is 68.7 cm³/mol. The van der Waals surface area contributed by atoms with Gasteiger partial charge in [-0.05, 0) is 30.2 Å². The summed E-state index contributed by atoms with van der Waals surface area (Å²) in [5, 5.41) is 1.98. The van der Waals surface area contributed by atoms with Crippen molar-refractivity contribution >= 4 is 17.3 Å². The molecule has 4 heteroatoms. The molecule has 1 aliphatic rings. The van der Waals surface area contributed by atoms with Gasteiger partial charge >= 0.3 is 5.97 Å². The monoisotopic (exact) mass is 253 g/mol. The number of thiophene rings is 1. The molecule has 2 unspecified atom stereocenters. The van der Waals surface area contributed by atoms with Gasteiger partial charge in [-0.15, -0.1) is 11.3 Å². The summed E-state index contributed by atoms with van der Waals surface area (Å²) in [6, 6.07) is 3.92. The van der Waals surface area contributed by atoms with E-state index in [-0.39, 0.29) is 5.97 Å². The van der Waals surface area contributed by atoms with Crippen molar-refractivity contribution in [3.8, 4) is 0 Å². The normalized spacial score (nSPS) is 28.9. The molecule has 3 nitrogen and oxygen atoms in total. The zero-order chi connectivity index (χ0) is 12.3. The molecule has 0 aromatic carbocycles. The van der Waals surface area contributed by atoms with Gasteiger partial charge in [0.2, 0.25) is 0 Å². The first kappa shape index (κ1) is 12.6. The van der Waals surface area contributed by atoms with Crippen molar-refractivity contribution in [1.29, 1.82) is 0 Å². The SMILES string of the molecule is CC1CCCC(N)(C(=O)OCc2cccs2)C1. The van der Waals surface area contributed by atoms with Crippen LogP contribution >= 0.6 is 11.3 Å². The van der Waals surface area contributed by atoms with Crippen LogP contribution in [0.2, 0.25) is 0 Å². The average Bonchev–Trinajstić information content (AvgIpc) is 2.78. The molecule has 1 saturated carbocycles. The van der Waals surface area contributed by atoms with Gasteiger partial charge in [0.25, 0.3) is 0 Å². The lowest BCUT2D eigenvalue weighted by molar-refractivity contribution is -0.153. The van der Waals surface area contributed by atoms with Crippen LogP contribution in [0, 0.1) is 5.92 Å². The molecule has 2 rings (SSSR count). The van der Waals surface area contributed by atoms with Crippen LogP contribution in [0.3, 0.4) is 0 Å². The third kappa shape index (κ3) is 3.07. The zero-order valence-corrected chi connectivity index (χ0v) is 11.0. The van der Waals surface area contributed by atoms with Crippen molar-refractivity contribution in [3.63, 3.8) is 0 Å². The van der Waals surface area contributed by atoms with Crippen molar-refractivity contribution in [3.05, 3.63) is 22.4 Å². The minimum atomic E-state index is -0.755. The molecule has 0 spiro atoms. The van der Waals surface area contributed by atoms with Crippen molar-refractivity contribution < 1.29 is 9.53 Å². The Morgan fingerprint density at radius 1 is 1.71 bits per heavy atom. The van der Waals surface area contributed by atoms with Crippen LogP contribution in [0.1, 0.15) is 37.5 Å². The number of nitrogens with two attached hydrogens (primary N) is 1. The van der Waals surface area contributed by atoms with Gasteiger partial charge in [0.1, 0.15) is 12.1 Å². The highest BCUT2D eigenvalue weighted by atomic mass is 32.1. The first-order chi connectivity index (χ1) is 8.10. The highest BCUT2D eigenvalue weighted by Crippen LogP contribution is 2.31. The smallest absolute Gasteiger partial charge is 0.326 e. The van der Waals surface area contributed by atoms with E-state index in [0.717, 1.165) is 30.6 Å². The van der Waals surface area contributed by atoms with E-state index in [4.69, 9.17) is 10.5 Å². The molecule has 94 valence electrons. The van der Waals surface area contributed by atoms with Crippen LogP contribution in [-0.4, -0.2) is 11.5 Å². The Morgan fingerprint density at radius 3 is 3.18 bits per heavy atom. The maximum Gasteiger partial charge on any atom is 0.326 e. The van der Waals surface area contributed by atoms with E-state index in [0.29, 0.717) is 12.5 Å². The first-order valence-electron chi connectivity index (χ1n) is 6.09. The lowest BCUT2D eigenvalue weighted by atomic mass is 9.77. The van der Waals surface area contributed by atoms with Gasteiger partial charge in [-0.25, -0.2) is 0 Å². The predicted octanol–water partition coefficient (Wildman–Crippen LogP) is 2.70. The van der Waals surface area contributed by atoms with E-state index in [9.17, 15) is 4.79 Å². The van der Waals surface area contributed by atoms with Crippen LogP contribution in [-0.2, 0) is 16.1 Å². The number of esters is 1. The van der Waals surface area contributed by atoms with E-state index in [1.807, 2.05) is 17.5 Å². The van der Waals surface area contributed by atoms with Gasteiger partial charge in [-0.2, -0.15) is 0 Å². The van der Waals surface area contributed by atoms with E-state index in [1.165, 1.54) is 0 Å². The molecule has 2 atom stereocenters. The molecule has 17 heavy (non-hydrogen) atoms. The topological polar surface area (TPSA) is 52.3 Å². The molecular formula is C13H19NO2S. The summed E-state index contributed by atoms with van der Waals surface area (Å²) in [5.74, 6) is 0.278. The molecule has 0 bridgehead atoms. The third-order valence-corrected chi connectivity index (χ3v) is 4.21. The Balaban J connectivity index is 1.90. The molecule has 0 saturated heterocycles. The van der Waals surface area contributed by atoms with Crippen LogP contribution < -0.4 is 5.73 Å². The second kappa shape index (κ2) is 5.19. The summed E-state index contributed by atoms with van der Waals surface area (Å²) in [5.41, 5.74) is 5.41. The molecule has 0 radical (unpaired) electrons. The standard InChI is InChI=1S/C13H19NO2S/c1-10-4-2-6-13(14,8-10)12(15)16-9-11-5-3-7-17-11/h3,5,7,10H,2,4,6,8-9,14H2,1H3. The first-order valence-corrected chi connectivity index (χ1v) is 6.96. The highest BCUT2D eigenvalue weighted by molar-refractivity contribution is 7.09. The average molecular weight is 253 g/mol. The van der Waals surface area contributed by atoms with Gasteiger partial charge in [0, 0.05) is 4.88 Å². The van der Waals surface area contributed by atoms with Crippen LogP contribution in [0.4, 0.5) is 0 Å². The Kier molecular flexibility index (Phi) is 3.84. The van der Waals surface area contributed by atoms with E-state index in [2.05, 4.69) is 6.92 Å². The molecule has 1 aliphatic carbocycles. The van der Waals surface area contributed by atoms with Crippen LogP contribution in [0.25, 0.3) is 0 Å². The summed E-state index contributed by atoms with van der Waals surface area (Å²) in [4.78, 5) is 13.1. The number of rotatable bonds is 3. The van der Waals surface area contributed by atoms with Gasteiger partial charge in [-0.1, -0.05) is 25.8 Å². The maximum absolute atomic E-state index is 12.0. The van der Waals surface area contributed by atoms with Gasteiger partial charge in [-0.3, -0.25) is 4.79 Å². The molecule has 0 amide bonds. The zero-order valence-electron chi connectivity index (χ0n) is 10.1. The summed E-state index contributed by atoms with van der Waals surface area (Å²) in [6.45, 7) is 2.50. The second-order valence-corrected chi connectivity index (χ2v) is 6.05. The minimum Gasteiger partial charge on any atom is -0.459 e. The van der Waals surface area contributed by atoms with Crippen molar-refractivity contribution in [2.24, 2.45) is 11.7 Å². The number of hydrogen-bond acceptors (Lipinski definition) is 4. The Bertz CT molecular complexity index is 377. The fourth-order valence-corrected chi connectivity index (χ4v) is 3.07. The van der Waals surface area contributed by atoms with Crippen LogP contribution in [0.15, 0.2) is 17.5 Å². The molecular weight excluding hydrogens is 234 g/mol. The lowest BCUT2D eigenvalue weighted by Gasteiger charge is -2.34. The molecule has 1 heterocycles. The van der Waals surface area contributed by atoms with Crippen molar-refractivity contribution in [1.82, 2.24) is 0 Å². The molecule has 1 aromatic rings. The van der Waals surface area contributed by atoms with Gasteiger partial charge in [0.05, 0.1) is 0 Å². The highest BCUT2D eigenvalue weighted by Gasteiger charge is 2.39. The maximum atomic E-state index is 12.0. The quantitative estimate of drug-likeness (QED) is 0.843. The Hall–Kier alpha value is -0.870. The summed E-state index contributed by atoms with van der Waals surface area (Å²) in [6.07, 6.45) is 3.68. The number of carbonyl (C=O) groups is 1. The molecule has 2 N–H and O–H groups in total. The Morgan fingerprint density at radius 2 is 2.53 bits per heavy atom. The van der Waals surface area contributed by atoms with Gasteiger partial charge < -0.3 is 10.5 Å². The number of carbonyl (C=O) groups excluding carboxylic acids is 1. The van der Waals surface area contributed by atoms with Crippen LogP contribution in [0.5, 0.6) is 0 Å². The van der Waals surface area contributed by atoms with E-state index in [1.54, 1.807) is 11.3 Å². The fraction of sp³-hybridized carbons (Fsp3) is 0.615. The number of hydrogen-bond donors (Lipinski definition) is 1. The summed E-state index contributed by atoms with van der Waals surface area (Å²) >= 11 is 1.59. The molecule has 1 aromatic heterocycles. The lowest BCUT2D eigenvalue weighted by Crippen LogP contribution is -2.51. The second-order valence-electron chi connectivity index (χ2n) is 5.01. The van der Waals surface area contributed by atoms with Crippen molar-refractivity contribution in [2.75, 3.05) is 0 Å². The van der Waals surface area contributed by atoms with Crippen molar-refractivity contribution in [2.45, 2.75) is 44.8 Å². The summed E-state index contributed by atoms with van der Waals surface area (Å²) in [7, 11) is 0. The Labute approximate surface area is 106 Å². The number of ether oxygens (including phenoxy) is 1. The fourth-order valence-electron chi connectivity index (χ4n) is 2.45. The minimum absolute atomic E-state index is 0.238. The third-order valence-electron chi connectivity index (χ3n) is 3.36. The van der Waals surface area contributed by atoms with Gasteiger partial charge in [0.15, 0.2) is 0 Å². The van der Waals surface area contributed by atoms with E-state index < -0.39 is 5.54 Å². The molecule has 0 aliphatic heterocycles.